The van der Waals surface area contributed by atoms with Crippen LogP contribution < -0.4 is 5.73 Å². The average Bonchev–Trinajstić information content (AvgIpc) is 2.33. The van der Waals surface area contributed by atoms with E-state index in [1.807, 2.05) is 0 Å². The second-order valence-electron chi connectivity index (χ2n) is 4.75. The Labute approximate surface area is 114 Å². The SMILES string of the molecule is [B]C1([B])CCC(O)C(=O)C1(N)c1ccccc1Cl. The molecule has 6 heteroatoms. The van der Waals surface area contributed by atoms with Crippen LogP contribution >= 0.6 is 11.6 Å². The lowest BCUT2D eigenvalue weighted by atomic mass is 9.39. The first-order chi connectivity index (χ1) is 8.30. The first-order valence-electron chi connectivity index (χ1n) is 5.65. The Hall–Kier alpha value is -0.770. The lowest BCUT2D eigenvalue weighted by Crippen LogP contribution is -2.61. The van der Waals surface area contributed by atoms with E-state index in [-0.39, 0.29) is 12.8 Å². The Morgan fingerprint density at radius 1 is 1.39 bits per heavy atom. The van der Waals surface area contributed by atoms with E-state index < -0.39 is 22.6 Å². The average molecular weight is 259 g/mol. The van der Waals surface area contributed by atoms with Crippen LogP contribution in [0.3, 0.4) is 0 Å². The number of ketones is 1. The zero-order valence-electron chi connectivity index (χ0n) is 9.77. The molecular formula is C12H12B2ClNO2. The molecular weight excluding hydrogens is 247 g/mol. The molecule has 1 fully saturated rings. The van der Waals surface area contributed by atoms with Crippen molar-refractivity contribution in [2.24, 2.45) is 5.73 Å². The molecule has 0 aromatic heterocycles. The van der Waals surface area contributed by atoms with E-state index in [1.165, 1.54) is 0 Å². The van der Waals surface area contributed by atoms with Crippen LogP contribution in [0.25, 0.3) is 0 Å². The van der Waals surface area contributed by atoms with E-state index in [1.54, 1.807) is 24.3 Å². The molecule has 0 bridgehead atoms. The van der Waals surface area contributed by atoms with Crippen LogP contribution in [0.4, 0.5) is 0 Å². The molecule has 1 aliphatic rings. The predicted octanol–water partition coefficient (Wildman–Crippen LogP) is 0.671. The summed E-state index contributed by atoms with van der Waals surface area (Å²) in [7, 11) is 11.9. The zero-order valence-corrected chi connectivity index (χ0v) is 10.5. The van der Waals surface area contributed by atoms with Gasteiger partial charge in [0.15, 0.2) is 5.78 Å². The Kier molecular flexibility index (Phi) is 3.34. The van der Waals surface area contributed by atoms with Gasteiger partial charge >= 0.3 is 0 Å². The van der Waals surface area contributed by atoms with Crippen molar-refractivity contribution >= 4 is 33.1 Å². The van der Waals surface area contributed by atoms with Crippen LogP contribution in [-0.2, 0) is 10.3 Å². The number of hydrogen-bond acceptors (Lipinski definition) is 3. The fourth-order valence-electron chi connectivity index (χ4n) is 2.36. The van der Waals surface area contributed by atoms with Gasteiger partial charge in [-0.1, -0.05) is 41.4 Å². The van der Waals surface area contributed by atoms with Crippen molar-refractivity contribution < 1.29 is 9.90 Å². The van der Waals surface area contributed by atoms with Gasteiger partial charge < -0.3 is 10.8 Å². The number of Topliss-reactive ketones (excluding diaryl/α,β-unsaturated/α-hetero) is 1. The molecule has 0 amide bonds. The lowest BCUT2D eigenvalue weighted by molar-refractivity contribution is -0.136. The molecule has 2 unspecified atom stereocenters. The Morgan fingerprint density at radius 2 is 2.00 bits per heavy atom. The van der Waals surface area contributed by atoms with Crippen LogP contribution in [0.15, 0.2) is 24.3 Å². The summed E-state index contributed by atoms with van der Waals surface area (Å²) in [5, 5.41) is 8.59. The molecule has 2 rings (SSSR count). The second-order valence-corrected chi connectivity index (χ2v) is 5.15. The van der Waals surface area contributed by atoms with Gasteiger partial charge in [0.2, 0.25) is 0 Å². The van der Waals surface area contributed by atoms with Gasteiger partial charge in [0, 0.05) is 5.02 Å². The molecule has 90 valence electrons. The van der Waals surface area contributed by atoms with Crippen molar-refractivity contribution in [2.45, 2.75) is 29.7 Å². The topological polar surface area (TPSA) is 63.3 Å². The number of nitrogens with two attached hydrogens (primary N) is 1. The first-order valence-corrected chi connectivity index (χ1v) is 6.02. The molecule has 0 aliphatic heterocycles. The van der Waals surface area contributed by atoms with Crippen molar-refractivity contribution in [3.63, 3.8) is 0 Å². The molecule has 1 aromatic rings. The molecule has 2 atom stereocenters. The Morgan fingerprint density at radius 3 is 2.61 bits per heavy atom. The van der Waals surface area contributed by atoms with Crippen molar-refractivity contribution in [1.29, 1.82) is 0 Å². The zero-order chi connectivity index (χ0) is 13.6. The van der Waals surface area contributed by atoms with Gasteiger partial charge in [-0.05, 0) is 18.1 Å². The smallest absolute Gasteiger partial charge is 0.184 e. The van der Waals surface area contributed by atoms with Gasteiger partial charge in [-0.15, -0.1) is 0 Å². The van der Waals surface area contributed by atoms with Crippen LogP contribution in [0.2, 0.25) is 10.2 Å². The summed E-state index contributed by atoms with van der Waals surface area (Å²) < 4.78 is 0. The largest absolute Gasteiger partial charge is 0.385 e. The standard InChI is InChI=1S/C12H12B2ClNO2/c13-11(14)6-5-9(17)10(18)12(11,16)7-3-1-2-4-8(7)15/h1-4,9,17H,5-6,16H2. The third kappa shape index (κ3) is 1.81. The number of carbonyl (C=O) groups excluding carboxylic acids is 1. The first kappa shape index (κ1) is 13.7. The van der Waals surface area contributed by atoms with E-state index in [2.05, 4.69) is 0 Å². The maximum Gasteiger partial charge on any atom is 0.184 e. The molecule has 1 aliphatic carbocycles. The maximum absolute atomic E-state index is 12.2. The minimum Gasteiger partial charge on any atom is -0.385 e. The second kappa shape index (κ2) is 4.41. The fraction of sp³-hybridized carbons (Fsp3) is 0.417. The summed E-state index contributed by atoms with van der Waals surface area (Å²) in [4.78, 5) is 12.2. The van der Waals surface area contributed by atoms with Gasteiger partial charge in [0.1, 0.15) is 6.10 Å². The normalized spacial score (nSPS) is 31.3. The van der Waals surface area contributed by atoms with Crippen molar-refractivity contribution in [3.05, 3.63) is 34.9 Å². The number of aliphatic hydroxyl groups is 1. The van der Waals surface area contributed by atoms with Gasteiger partial charge in [-0.2, -0.15) is 0 Å². The highest BCUT2D eigenvalue weighted by Crippen LogP contribution is 2.49. The minimum atomic E-state index is -1.68. The summed E-state index contributed by atoms with van der Waals surface area (Å²) in [5.74, 6) is -0.591. The molecule has 0 spiro atoms. The van der Waals surface area contributed by atoms with E-state index in [0.29, 0.717) is 10.6 Å². The molecule has 18 heavy (non-hydrogen) atoms. The van der Waals surface area contributed by atoms with E-state index in [0.717, 1.165) is 0 Å². The third-order valence-corrected chi connectivity index (χ3v) is 3.89. The molecule has 1 saturated carbocycles. The van der Waals surface area contributed by atoms with E-state index in [4.69, 9.17) is 33.0 Å². The van der Waals surface area contributed by atoms with Crippen LogP contribution in [-0.4, -0.2) is 32.7 Å². The van der Waals surface area contributed by atoms with Crippen LogP contribution in [0.1, 0.15) is 18.4 Å². The highest BCUT2D eigenvalue weighted by Gasteiger charge is 2.53. The van der Waals surface area contributed by atoms with E-state index >= 15 is 0 Å². The maximum atomic E-state index is 12.2. The lowest BCUT2D eigenvalue weighted by Gasteiger charge is -2.49. The molecule has 0 saturated heterocycles. The molecule has 3 N–H and O–H groups in total. The quantitative estimate of drug-likeness (QED) is 0.729. The molecule has 0 heterocycles. The molecule has 3 nitrogen and oxygen atoms in total. The highest BCUT2D eigenvalue weighted by molar-refractivity contribution is 6.43. The van der Waals surface area contributed by atoms with Crippen molar-refractivity contribution in [2.75, 3.05) is 0 Å². The summed E-state index contributed by atoms with van der Waals surface area (Å²) >= 11 is 6.06. The van der Waals surface area contributed by atoms with Crippen molar-refractivity contribution in [3.8, 4) is 0 Å². The van der Waals surface area contributed by atoms with Crippen molar-refractivity contribution in [1.82, 2.24) is 0 Å². The number of carbonyl (C=O) groups is 1. The number of benzene rings is 1. The number of aliphatic hydroxyl groups excluding tert-OH is 1. The van der Waals surface area contributed by atoms with Crippen LogP contribution in [0.5, 0.6) is 0 Å². The Balaban J connectivity index is 2.62. The fourth-order valence-corrected chi connectivity index (χ4v) is 2.65. The van der Waals surface area contributed by atoms with Gasteiger partial charge in [-0.3, -0.25) is 4.79 Å². The minimum absolute atomic E-state index is 0.204. The van der Waals surface area contributed by atoms with Gasteiger partial charge in [0.05, 0.1) is 21.2 Å². The number of rotatable bonds is 1. The summed E-state index contributed by atoms with van der Waals surface area (Å²) in [5.41, 5.74) is 4.82. The predicted molar refractivity (Wildman–Crippen MR) is 71.8 cm³/mol. The van der Waals surface area contributed by atoms with Gasteiger partial charge in [-0.25, -0.2) is 0 Å². The van der Waals surface area contributed by atoms with Crippen LogP contribution in [0, 0.1) is 0 Å². The third-order valence-electron chi connectivity index (χ3n) is 3.56. The molecule has 1 aromatic carbocycles. The van der Waals surface area contributed by atoms with E-state index in [9.17, 15) is 9.90 Å². The van der Waals surface area contributed by atoms with Gasteiger partial charge in [0.25, 0.3) is 0 Å². The monoisotopic (exact) mass is 259 g/mol. The summed E-state index contributed by atoms with van der Waals surface area (Å²) in [6.07, 6.45) is -0.719. The Bertz CT molecular complexity index is 495. The molecule has 4 radical (unpaired) electrons. The number of hydrogen-bond donors (Lipinski definition) is 2. The summed E-state index contributed by atoms with van der Waals surface area (Å²) in [6, 6.07) is 6.62. The highest BCUT2D eigenvalue weighted by atomic mass is 35.5. The summed E-state index contributed by atoms with van der Waals surface area (Å²) in [6.45, 7) is 0. The number of halogens is 1.